The van der Waals surface area contributed by atoms with Gasteiger partial charge in [-0.2, -0.15) is 0 Å². The lowest BCUT2D eigenvalue weighted by molar-refractivity contribution is -0.139. The molecule has 1 saturated heterocycles. The van der Waals surface area contributed by atoms with Crippen LogP contribution in [0.3, 0.4) is 0 Å². The van der Waals surface area contributed by atoms with Gasteiger partial charge in [-0.05, 0) is 19.1 Å². The minimum absolute atomic E-state index is 0.383. The molecule has 4 nitrogen and oxygen atoms in total. The zero-order valence-electron chi connectivity index (χ0n) is 9.98. The van der Waals surface area contributed by atoms with Crippen molar-refractivity contribution in [2.24, 2.45) is 0 Å². The standard InChI is InChI=1S/C12H18N2O2S/c1-9-2-3-11(17-9)10(12(15)16)8-14-6-4-13-5-7-14/h2-3,10,13H,4-8H2,1H3,(H,15,16). The van der Waals surface area contributed by atoms with Crippen LogP contribution in [0.15, 0.2) is 12.1 Å². The Hall–Kier alpha value is -0.910. The molecular weight excluding hydrogens is 236 g/mol. The number of piperazine rings is 1. The van der Waals surface area contributed by atoms with Crippen LogP contribution in [0.1, 0.15) is 15.7 Å². The second kappa shape index (κ2) is 5.62. The molecule has 1 fully saturated rings. The fraction of sp³-hybridized carbons (Fsp3) is 0.583. The van der Waals surface area contributed by atoms with Gasteiger partial charge >= 0.3 is 5.97 Å². The number of rotatable bonds is 4. The number of nitrogens with zero attached hydrogens (tertiary/aromatic N) is 1. The summed E-state index contributed by atoms with van der Waals surface area (Å²) >= 11 is 1.59. The Kier molecular flexibility index (Phi) is 4.15. The highest BCUT2D eigenvalue weighted by molar-refractivity contribution is 7.12. The normalized spacial score (nSPS) is 19.1. The van der Waals surface area contributed by atoms with E-state index in [2.05, 4.69) is 10.2 Å². The van der Waals surface area contributed by atoms with Gasteiger partial charge in [-0.25, -0.2) is 0 Å². The molecule has 2 N–H and O–H groups in total. The molecule has 5 heteroatoms. The molecule has 0 saturated carbocycles. The Morgan fingerprint density at radius 2 is 2.24 bits per heavy atom. The van der Waals surface area contributed by atoms with Crippen molar-refractivity contribution in [3.63, 3.8) is 0 Å². The molecule has 0 aliphatic carbocycles. The summed E-state index contributed by atoms with van der Waals surface area (Å²) in [7, 11) is 0. The molecule has 1 aromatic heterocycles. The zero-order chi connectivity index (χ0) is 12.3. The van der Waals surface area contributed by atoms with Gasteiger partial charge in [-0.3, -0.25) is 9.69 Å². The van der Waals surface area contributed by atoms with Crippen molar-refractivity contribution >= 4 is 17.3 Å². The smallest absolute Gasteiger partial charge is 0.313 e. The first-order valence-corrected chi connectivity index (χ1v) is 6.70. The number of aryl methyl sites for hydroxylation is 1. The van der Waals surface area contributed by atoms with Crippen LogP contribution in [0.25, 0.3) is 0 Å². The van der Waals surface area contributed by atoms with Gasteiger partial charge in [0.2, 0.25) is 0 Å². The summed E-state index contributed by atoms with van der Waals surface area (Å²) in [4.78, 5) is 15.7. The Morgan fingerprint density at radius 3 is 2.76 bits per heavy atom. The lowest BCUT2D eigenvalue weighted by Crippen LogP contribution is -2.45. The lowest BCUT2D eigenvalue weighted by Gasteiger charge is -2.29. The number of nitrogens with one attached hydrogen (secondary N) is 1. The Bertz CT molecular complexity index is 386. The predicted octanol–water partition coefficient (Wildman–Crippen LogP) is 1.13. The van der Waals surface area contributed by atoms with Gasteiger partial charge in [0, 0.05) is 42.5 Å². The molecule has 0 amide bonds. The quantitative estimate of drug-likeness (QED) is 0.846. The Morgan fingerprint density at radius 1 is 1.53 bits per heavy atom. The molecule has 1 unspecified atom stereocenters. The summed E-state index contributed by atoms with van der Waals surface area (Å²) in [5.74, 6) is -1.10. The maximum Gasteiger partial charge on any atom is 0.313 e. The SMILES string of the molecule is Cc1ccc(C(CN2CCNCC2)C(=O)O)s1. The summed E-state index contributed by atoms with van der Waals surface area (Å²) in [5, 5.41) is 12.6. The van der Waals surface area contributed by atoms with E-state index >= 15 is 0 Å². The molecule has 0 radical (unpaired) electrons. The van der Waals surface area contributed by atoms with Crippen LogP contribution >= 0.6 is 11.3 Å². The average Bonchev–Trinajstić information content (AvgIpc) is 2.73. The highest BCUT2D eigenvalue weighted by atomic mass is 32.1. The van der Waals surface area contributed by atoms with Gasteiger partial charge in [-0.1, -0.05) is 0 Å². The minimum atomic E-state index is -0.717. The average molecular weight is 254 g/mol. The third kappa shape index (κ3) is 3.28. The number of hydrogen-bond acceptors (Lipinski definition) is 4. The van der Waals surface area contributed by atoms with Crippen LogP contribution < -0.4 is 5.32 Å². The fourth-order valence-corrected chi connectivity index (χ4v) is 3.04. The summed E-state index contributed by atoms with van der Waals surface area (Å²) < 4.78 is 0. The molecule has 1 atom stereocenters. The van der Waals surface area contributed by atoms with E-state index < -0.39 is 5.97 Å². The van der Waals surface area contributed by atoms with E-state index in [0.717, 1.165) is 31.1 Å². The number of thiophene rings is 1. The number of carboxylic acid groups (broad SMARTS) is 1. The molecule has 1 aromatic rings. The molecule has 2 heterocycles. The first-order valence-electron chi connectivity index (χ1n) is 5.89. The maximum absolute atomic E-state index is 11.3. The van der Waals surface area contributed by atoms with Gasteiger partial charge in [-0.15, -0.1) is 11.3 Å². The predicted molar refractivity (Wildman–Crippen MR) is 68.7 cm³/mol. The third-order valence-corrected chi connectivity index (χ3v) is 4.17. The summed E-state index contributed by atoms with van der Waals surface area (Å²) in [6.45, 7) is 6.42. The highest BCUT2D eigenvalue weighted by Crippen LogP contribution is 2.25. The lowest BCUT2D eigenvalue weighted by atomic mass is 10.1. The molecule has 0 spiro atoms. The van der Waals surface area contributed by atoms with Gasteiger partial charge in [0.25, 0.3) is 0 Å². The van der Waals surface area contributed by atoms with Crippen LogP contribution in [-0.4, -0.2) is 48.7 Å². The van der Waals surface area contributed by atoms with Crippen molar-refractivity contribution in [1.82, 2.24) is 10.2 Å². The third-order valence-electron chi connectivity index (χ3n) is 3.05. The van der Waals surface area contributed by atoms with E-state index in [1.165, 1.54) is 4.88 Å². The van der Waals surface area contributed by atoms with Crippen LogP contribution in [-0.2, 0) is 4.79 Å². The first kappa shape index (κ1) is 12.5. The topological polar surface area (TPSA) is 52.6 Å². The summed E-state index contributed by atoms with van der Waals surface area (Å²) in [6.07, 6.45) is 0. The second-order valence-corrected chi connectivity index (χ2v) is 5.71. The van der Waals surface area contributed by atoms with E-state index in [0.29, 0.717) is 6.54 Å². The van der Waals surface area contributed by atoms with Crippen LogP contribution in [0.5, 0.6) is 0 Å². The Labute approximate surface area is 105 Å². The van der Waals surface area contributed by atoms with Crippen molar-refractivity contribution in [3.8, 4) is 0 Å². The summed E-state index contributed by atoms with van der Waals surface area (Å²) in [6, 6.07) is 3.94. The van der Waals surface area contributed by atoms with E-state index in [-0.39, 0.29) is 5.92 Å². The number of carbonyl (C=O) groups is 1. The number of hydrogen-bond donors (Lipinski definition) is 2. The molecule has 0 aromatic carbocycles. The molecule has 0 bridgehead atoms. The maximum atomic E-state index is 11.3. The van der Waals surface area contributed by atoms with Crippen molar-refractivity contribution < 1.29 is 9.90 Å². The minimum Gasteiger partial charge on any atom is -0.481 e. The van der Waals surface area contributed by atoms with Gasteiger partial charge < -0.3 is 10.4 Å². The van der Waals surface area contributed by atoms with E-state index in [9.17, 15) is 9.90 Å². The van der Waals surface area contributed by atoms with Crippen molar-refractivity contribution in [3.05, 3.63) is 21.9 Å². The second-order valence-electron chi connectivity index (χ2n) is 4.39. The van der Waals surface area contributed by atoms with Crippen LogP contribution in [0.4, 0.5) is 0 Å². The van der Waals surface area contributed by atoms with Gasteiger partial charge in [0.1, 0.15) is 5.92 Å². The van der Waals surface area contributed by atoms with Crippen molar-refractivity contribution in [2.75, 3.05) is 32.7 Å². The first-order chi connectivity index (χ1) is 8.16. The van der Waals surface area contributed by atoms with Crippen molar-refractivity contribution in [1.29, 1.82) is 0 Å². The Balaban J connectivity index is 2.04. The molecular formula is C12H18N2O2S. The molecule has 17 heavy (non-hydrogen) atoms. The van der Waals surface area contributed by atoms with E-state index in [4.69, 9.17) is 0 Å². The van der Waals surface area contributed by atoms with Crippen LogP contribution in [0, 0.1) is 6.92 Å². The van der Waals surface area contributed by atoms with Crippen molar-refractivity contribution in [2.45, 2.75) is 12.8 Å². The largest absolute Gasteiger partial charge is 0.481 e. The van der Waals surface area contributed by atoms with E-state index in [1.54, 1.807) is 11.3 Å². The van der Waals surface area contributed by atoms with Gasteiger partial charge in [0.05, 0.1) is 0 Å². The van der Waals surface area contributed by atoms with Gasteiger partial charge in [0.15, 0.2) is 0 Å². The molecule has 1 aliphatic rings. The highest BCUT2D eigenvalue weighted by Gasteiger charge is 2.25. The monoisotopic (exact) mass is 254 g/mol. The molecule has 1 aliphatic heterocycles. The molecule has 2 rings (SSSR count). The number of carboxylic acids is 1. The van der Waals surface area contributed by atoms with E-state index in [1.807, 2.05) is 19.1 Å². The fourth-order valence-electron chi connectivity index (χ4n) is 2.08. The van der Waals surface area contributed by atoms with Crippen LogP contribution in [0.2, 0.25) is 0 Å². The molecule has 94 valence electrons. The number of aliphatic carboxylic acids is 1. The zero-order valence-corrected chi connectivity index (χ0v) is 10.8. The summed E-state index contributed by atoms with van der Waals surface area (Å²) in [5.41, 5.74) is 0.